The highest BCUT2D eigenvalue weighted by atomic mass is 16.5. The monoisotopic (exact) mass is 356 g/mol. The number of hydrogen-bond donors (Lipinski definition) is 0. The average molecular weight is 356 g/mol. The van der Waals surface area contributed by atoms with Crippen LogP contribution >= 0.6 is 0 Å². The molecule has 1 heterocycles. The molecule has 6 nitrogen and oxygen atoms in total. The van der Waals surface area contributed by atoms with Crippen LogP contribution in [0.3, 0.4) is 0 Å². The molecule has 0 amide bonds. The largest absolute Gasteiger partial charge is 0.463 e. The van der Waals surface area contributed by atoms with Crippen LogP contribution in [0.1, 0.15) is 29.7 Å². The van der Waals surface area contributed by atoms with Gasteiger partial charge in [-0.3, -0.25) is 0 Å². The lowest BCUT2D eigenvalue weighted by Gasteiger charge is -2.22. The van der Waals surface area contributed by atoms with Crippen molar-refractivity contribution in [1.82, 2.24) is 9.55 Å². The molecule has 0 saturated heterocycles. The molecule has 0 aliphatic rings. The third kappa shape index (κ3) is 3.29. The summed E-state index contributed by atoms with van der Waals surface area (Å²) in [6.45, 7) is 5.88. The van der Waals surface area contributed by atoms with Gasteiger partial charge in [-0.2, -0.15) is 10.5 Å². The van der Waals surface area contributed by atoms with Crippen molar-refractivity contribution in [3.63, 3.8) is 0 Å². The van der Waals surface area contributed by atoms with Gasteiger partial charge in [0.15, 0.2) is 0 Å². The van der Waals surface area contributed by atoms with Crippen LogP contribution in [0.5, 0.6) is 0 Å². The van der Waals surface area contributed by atoms with Gasteiger partial charge in [0.05, 0.1) is 58.8 Å². The summed E-state index contributed by atoms with van der Waals surface area (Å²) in [6, 6.07) is 15.7. The zero-order valence-corrected chi connectivity index (χ0v) is 14.7. The van der Waals surface area contributed by atoms with Crippen LogP contribution in [0.25, 0.3) is 11.0 Å². The number of rotatable bonds is 5. The van der Waals surface area contributed by atoms with E-state index < -0.39 is 12.0 Å². The Labute approximate surface area is 156 Å². The van der Waals surface area contributed by atoms with Gasteiger partial charge in [-0.1, -0.05) is 24.8 Å². The first-order chi connectivity index (χ1) is 13.1. The van der Waals surface area contributed by atoms with Gasteiger partial charge in [-0.25, -0.2) is 9.78 Å². The van der Waals surface area contributed by atoms with E-state index in [0.29, 0.717) is 22.2 Å². The van der Waals surface area contributed by atoms with Crippen molar-refractivity contribution in [3.05, 3.63) is 77.6 Å². The summed E-state index contributed by atoms with van der Waals surface area (Å²) in [5, 5.41) is 18.6. The minimum atomic E-state index is -0.655. The molecule has 1 unspecified atom stereocenters. The fourth-order valence-electron chi connectivity index (χ4n) is 2.99. The van der Waals surface area contributed by atoms with E-state index >= 15 is 0 Å². The van der Waals surface area contributed by atoms with Crippen molar-refractivity contribution in [2.24, 2.45) is 0 Å². The molecule has 27 heavy (non-hydrogen) atoms. The lowest BCUT2D eigenvalue weighted by atomic mass is 9.95. The van der Waals surface area contributed by atoms with Crippen LogP contribution in [0.4, 0.5) is 0 Å². The molecule has 1 atom stereocenters. The van der Waals surface area contributed by atoms with E-state index in [1.54, 1.807) is 60.3 Å². The summed E-state index contributed by atoms with van der Waals surface area (Å²) in [4.78, 5) is 16.8. The molecular weight excluding hydrogens is 340 g/mol. The highest BCUT2D eigenvalue weighted by molar-refractivity contribution is 5.90. The second-order valence-corrected chi connectivity index (χ2v) is 5.81. The third-order valence-corrected chi connectivity index (χ3v) is 4.23. The Morgan fingerprint density at radius 1 is 1.26 bits per heavy atom. The van der Waals surface area contributed by atoms with Gasteiger partial charge in [0.2, 0.25) is 0 Å². The Morgan fingerprint density at radius 3 is 2.74 bits per heavy atom. The van der Waals surface area contributed by atoms with Gasteiger partial charge >= 0.3 is 5.97 Å². The topological polar surface area (TPSA) is 91.7 Å². The second-order valence-electron chi connectivity index (χ2n) is 5.81. The Morgan fingerprint density at radius 2 is 2.04 bits per heavy atom. The Hall–Kier alpha value is -3.90. The molecule has 0 bridgehead atoms. The normalized spacial score (nSPS) is 11.4. The highest BCUT2D eigenvalue weighted by Crippen LogP contribution is 2.32. The molecule has 0 aliphatic heterocycles. The Kier molecular flexibility index (Phi) is 5.01. The molecule has 0 saturated carbocycles. The number of nitriles is 2. The molecule has 132 valence electrons. The van der Waals surface area contributed by atoms with Gasteiger partial charge in [0, 0.05) is 0 Å². The van der Waals surface area contributed by atoms with Gasteiger partial charge < -0.3 is 9.30 Å². The number of carbonyl (C=O) groups is 1. The number of esters is 1. The average Bonchev–Trinajstić information content (AvgIpc) is 3.11. The Balaban J connectivity index is 2.22. The standard InChI is InChI=1S/C21H16N4O2/c1-3-27-21(26)14(2)20(17-7-5-4-6-16(17)12-23)25-13-24-18-10-15(11-22)8-9-19(18)25/h4-10,13,20H,2-3H2,1H3. The number of hydrogen-bond acceptors (Lipinski definition) is 5. The van der Waals surface area contributed by atoms with E-state index in [-0.39, 0.29) is 12.2 Å². The smallest absolute Gasteiger partial charge is 0.335 e. The SMILES string of the molecule is C=C(C(=O)OCC)C(c1ccccc1C#N)n1cnc2cc(C#N)ccc21. The molecule has 3 rings (SSSR count). The van der Waals surface area contributed by atoms with Gasteiger partial charge in [-0.05, 0) is 36.8 Å². The van der Waals surface area contributed by atoms with Crippen LogP contribution in [-0.2, 0) is 9.53 Å². The lowest BCUT2D eigenvalue weighted by Crippen LogP contribution is -2.20. The van der Waals surface area contributed by atoms with E-state index in [1.807, 2.05) is 0 Å². The number of fused-ring (bicyclic) bond motifs is 1. The number of aromatic nitrogens is 2. The molecule has 1 aromatic heterocycles. The Bertz CT molecular complexity index is 1120. The van der Waals surface area contributed by atoms with Crippen LogP contribution in [0, 0.1) is 22.7 Å². The maximum absolute atomic E-state index is 12.4. The fraction of sp³-hybridized carbons (Fsp3) is 0.143. The molecule has 0 N–H and O–H groups in total. The van der Waals surface area contributed by atoms with Crippen LogP contribution in [-0.4, -0.2) is 22.1 Å². The zero-order chi connectivity index (χ0) is 19.4. The number of imidazole rings is 1. The summed E-state index contributed by atoms with van der Waals surface area (Å²) in [5.74, 6) is -0.536. The van der Waals surface area contributed by atoms with Crippen molar-refractivity contribution < 1.29 is 9.53 Å². The van der Waals surface area contributed by atoms with E-state index in [0.717, 1.165) is 5.52 Å². The summed E-state index contributed by atoms with van der Waals surface area (Å²) < 4.78 is 6.90. The summed E-state index contributed by atoms with van der Waals surface area (Å²) in [5.41, 5.74) is 3.08. The van der Waals surface area contributed by atoms with Gasteiger partial charge in [0.1, 0.15) is 0 Å². The maximum Gasteiger partial charge on any atom is 0.335 e. The van der Waals surface area contributed by atoms with E-state index in [9.17, 15) is 10.1 Å². The van der Waals surface area contributed by atoms with Crippen LogP contribution < -0.4 is 0 Å². The third-order valence-electron chi connectivity index (χ3n) is 4.23. The molecule has 6 heteroatoms. The lowest BCUT2D eigenvalue weighted by molar-refractivity contribution is -0.138. The van der Waals surface area contributed by atoms with Gasteiger partial charge in [0.25, 0.3) is 0 Å². The van der Waals surface area contributed by atoms with Crippen LogP contribution in [0.2, 0.25) is 0 Å². The van der Waals surface area contributed by atoms with Crippen molar-refractivity contribution in [2.75, 3.05) is 6.61 Å². The first kappa shape index (κ1) is 17.9. The first-order valence-corrected chi connectivity index (χ1v) is 8.32. The molecule has 0 fully saturated rings. The minimum absolute atomic E-state index is 0.197. The van der Waals surface area contributed by atoms with Crippen molar-refractivity contribution in [1.29, 1.82) is 10.5 Å². The molecule has 2 aromatic carbocycles. The maximum atomic E-state index is 12.4. The molecular formula is C21H16N4O2. The molecule has 3 aromatic rings. The van der Waals surface area contributed by atoms with Gasteiger partial charge in [-0.15, -0.1) is 0 Å². The van der Waals surface area contributed by atoms with E-state index in [4.69, 9.17) is 10.00 Å². The van der Waals surface area contributed by atoms with Crippen molar-refractivity contribution in [3.8, 4) is 12.1 Å². The van der Waals surface area contributed by atoms with Crippen molar-refractivity contribution in [2.45, 2.75) is 13.0 Å². The highest BCUT2D eigenvalue weighted by Gasteiger charge is 2.27. The molecule has 0 aliphatic carbocycles. The van der Waals surface area contributed by atoms with Crippen molar-refractivity contribution >= 4 is 17.0 Å². The quantitative estimate of drug-likeness (QED) is 0.515. The molecule has 0 radical (unpaired) electrons. The minimum Gasteiger partial charge on any atom is -0.463 e. The first-order valence-electron chi connectivity index (χ1n) is 8.32. The number of ether oxygens (including phenoxy) is 1. The summed E-state index contributed by atoms with van der Waals surface area (Å²) in [7, 11) is 0. The molecule has 0 spiro atoms. The summed E-state index contributed by atoms with van der Waals surface area (Å²) in [6.07, 6.45) is 1.58. The number of nitrogens with zero attached hydrogens (tertiary/aromatic N) is 4. The van der Waals surface area contributed by atoms with Crippen LogP contribution in [0.15, 0.2) is 60.9 Å². The number of carbonyl (C=O) groups excluding carboxylic acids is 1. The number of benzene rings is 2. The van der Waals surface area contributed by atoms with E-state index in [1.165, 1.54) is 0 Å². The zero-order valence-electron chi connectivity index (χ0n) is 14.7. The second kappa shape index (κ2) is 7.55. The summed E-state index contributed by atoms with van der Waals surface area (Å²) >= 11 is 0. The predicted octanol–water partition coefficient (Wildman–Crippen LogP) is 3.49. The fourth-order valence-corrected chi connectivity index (χ4v) is 2.99. The van der Waals surface area contributed by atoms with E-state index in [2.05, 4.69) is 23.7 Å². The predicted molar refractivity (Wildman–Crippen MR) is 99.5 cm³/mol.